The zero-order valence-electron chi connectivity index (χ0n) is 8.49. The van der Waals surface area contributed by atoms with Crippen molar-refractivity contribution in [3.8, 4) is 5.75 Å². The molecule has 4 heteroatoms. The van der Waals surface area contributed by atoms with Crippen molar-refractivity contribution in [1.29, 1.82) is 0 Å². The van der Waals surface area contributed by atoms with Gasteiger partial charge in [-0.1, -0.05) is 0 Å². The number of hydrogen-bond acceptors (Lipinski definition) is 4. The van der Waals surface area contributed by atoms with E-state index in [-0.39, 0.29) is 5.78 Å². The number of carbonyl (C=O) groups is 1. The lowest BCUT2D eigenvalue weighted by molar-refractivity contribution is 0.101. The molecule has 0 radical (unpaired) electrons. The van der Waals surface area contributed by atoms with Crippen LogP contribution < -0.4 is 4.74 Å². The fourth-order valence-electron chi connectivity index (χ4n) is 1.43. The number of allylic oxidation sites excluding steroid dienone is 1. The van der Waals surface area contributed by atoms with Gasteiger partial charge in [-0.25, -0.2) is 0 Å². The third-order valence-corrected chi connectivity index (χ3v) is 3.17. The number of ether oxygens (including phenoxy) is 2. The average molecular weight is 224 g/mol. The van der Waals surface area contributed by atoms with Crippen molar-refractivity contribution in [2.45, 2.75) is 12.8 Å². The zero-order valence-corrected chi connectivity index (χ0v) is 9.30. The maximum atomic E-state index is 11.9. The van der Waals surface area contributed by atoms with Crippen LogP contribution in [0.3, 0.4) is 0 Å². The topological polar surface area (TPSA) is 35.5 Å². The van der Waals surface area contributed by atoms with E-state index in [2.05, 4.69) is 0 Å². The summed E-state index contributed by atoms with van der Waals surface area (Å²) < 4.78 is 10.2. The Morgan fingerprint density at radius 2 is 2.47 bits per heavy atom. The van der Waals surface area contributed by atoms with Crippen LogP contribution >= 0.6 is 11.3 Å². The molecule has 0 amide bonds. The maximum absolute atomic E-state index is 11.9. The van der Waals surface area contributed by atoms with E-state index in [9.17, 15) is 4.79 Å². The average Bonchev–Trinajstić information content (AvgIpc) is 2.78. The van der Waals surface area contributed by atoms with Crippen molar-refractivity contribution in [2.24, 2.45) is 0 Å². The van der Waals surface area contributed by atoms with E-state index in [1.165, 1.54) is 11.3 Å². The van der Waals surface area contributed by atoms with Gasteiger partial charge in [0.15, 0.2) is 0 Å². The number of Topliss-reactive ketones (excluding diaryl/α,β-unsaturated/α-hetero) is 1. The van der Waals surface area contributed by atoms with Crippen LogP contribution in [0.5, 0.6) is 5.75 Å². The summed E-state index contributed by atoms with van der Waals surface area (Å²) in [4.78, 5) is 12.6. The van der Waals surface area contributed by atoms with Gasteiger partial charge in [0.25, 0.3) is 0 Å². The van der Waals surface area contributed by atoms with E-state index < -0.39 is 0 Å². The lowest BCUT2D eigenvalue weighted by Crippen LogP contribution is -2.07. The Morgan fingerprint density at radius 1 is 1.60 bits per heavy atom. The normalized spacial score (nSPS) is 15.4. The smallest absolute Gasteiger partial charge is 0.202 e. The molecule has 15 heavy (non-hydrogen) atoms. The molecular weight excluding hydrogens is 212 g/mol. The molecule has 1 aromatic rings. The quantitative estimate of drug-likeness (QED) is 0.740. The van der Waals surface area contributed by atoms with Crippen molar-refractivity contribution in [2.75, 3.05) is 13.7 Å². The van der Waals surface area contributed by atoms with Crippen molar-refractivity contribution >= 4 is 17.1 Å². The summed E-state index contributed by atoms with van der Waals surface area (Å²) in [6, 6.07) is 1.77. The van der Waals surface area contributed by atoms with Crippen LogP contribution in [-0.4, -0.2) is 19.5 Å². The maximum Gasteiger partial charge on any atom is 0.202 e. The first-order chi connectivity index (χ1) is 7.31. The highest BCUT2D eigenvalue weighted by atomic mass is 32.1. The van der Waals surface area contributed by atoms with Crippen LogP contribution in [0, 0.1) is 0 Å². The third kappa shape index (κ3) is 2.21. The Bertz CT molecular complexity index is 392. The van der Waals surface area contributed by atoms with Crippen LogP contribution in [0.15, 0.2) is 23.3 Å². The Morgan fingerprint density at radius 3 is 3.07 bits per heavy atom. The minimum absolute atomic E-state index is 0.0583. The van der Waals surface area contributed by atoms with Gasteiger partial charge in [0, 0.05) is 17.0 Å². The largest absolute Gasteiger partial charge is 0.501 e. The molecule has 0 unspecified atom stereocenters. The van der Waals surface area contributed by atoms with E-state index in [1.54, 1.807) is 19.4 Å². The van der Waals surface area contributed by atoms with Gasteiger partial charge >= 0.3 is 0 Å². The van der Waals surface area contributed by atoms with Gasteiger partial charge in [-0.05, 0) is 12.8 Å². The fourth-order valence-corrected chi connectivity index (χ4v) is 2.26. The Labute approximate surface area is 92.3 Å². The minimum atomic E-state index is 0.0583. The molecule has 3 nitrogen and oxygen atoms in total. The van der Waals surface area contributed by atoms with Crippen LogP contribution in [0.1, 0.15) is 22.5 Å². The van der Waals surface area contributed by atoms with Crippen molar-refractivity contribution in [3.05, 3.63) is 28.2 Å². The lowest BCUT2D eigenvalue weighted by atomic mass is 10.1. The number of ketones is 1. The minimum Gasteiger partial charge on any atom is -0.501 e. The zero-order chi connectivity index (χ0) is 10.7. The Balaban J connectivity index is 2.16. The molecule has 0 atom stereocenters. The number of carbonyl (C=O) groups excluding carboxylic acids is 1. The molecular formula is C11H12O3S. The second kappa shape index (κ2) is 4.49. The highest BCUT2D eigenvalue weighted by Crippen LogP contribution is 2.25. The number of rotatable bonds is 3. The molecule has 0 bridgehead atoms. The van der Waals surface area contributed by atoms with Gasteiger partial charge in [0.2, 0.25) is 5.78 Å². The van der Waals surface area contributed by atoms with Gasteiger partial charge in [0.1, 0.15) is 5.75 Å². The molecule has 80 valence electrons. The predicted octanol–water partition coefficient (Wildman–Crippen LogP) is 2.63. The molecule has 0 saturated carbocycles. The summed E-state index contributed by atoms with van der Waals surface area (Å²) in [5.41, 5.74) is 0.755. The third-order valence-electron chi connectivity index (χ3n) is 2.26. The molecule has 0 saturated heterocycles. The second-order valence-electron chi connectivity index (χ2n) is 3.30. The van der Waals surface area contributed by atoms with E-state index in [0.29, 0.717) is 11.5 Å². The standard InChI is InChI=1S/C11H12O3S/c1-13-9-5-10(15-7-9)11(12)8-3-2-4-14-6-8/h5-7H,2-4H2,1H3. The summed E-state index contributed by atoms with van der Waals surface area (Å²) in [7, 11) is 1.60. The Hall–Kier alpha value is -1.29. The van der Waals surface area contributed by atoms with Crippen LogP contribution in [-0.2, 0) is 4.74 Å². The molecule has 1 aliphatic heterocycles. The molecule has 2 rings (SSSR count). The highest BCUT2D eigenvalue weighted by molar-refractivity contribution is 7.12. The first kappa shape index (κ1) is 10.2. The monoisotopic (exact) mass is 224 g/mol. The fraction of sp³-hybridized carbons (Fsp3) is 0.364. The van der Waals surface area contributed by atoms with Gasteiger partial charge in [0.05, 0.1) is 24.9 Å². The molecule has 1 aliphatic rings. The summed E-state index contributed by atoms with van der Waals surface area (Å²) in [6.07, 6.45) is 3.30. The number of thiophene rings is 1. The first-order valence-electron chi connectivity index (χ1n) is 4.79. The van der Waals surface area contributed by atoms with E-state index in [4.69, 9.17) is 9.47 Å². The van der Waals surface area contributed by atoms with Gasteiger partial charge in [-0.2, -0.15) is 0 Å². The van der Waals surface area contributed by atoms with Crippen molar-refractivity contribution in [1.82, 2.24) is 0 Å². The Kier molecular flexibility index (Phi) is 3.06. The molecule has 1 aromatic heterocycles. The second-order valence-corrected chi connectivity index (χ2v) is 4.21. The molecule has 0 N–H and O–H groups in total. The van der Waals surface area contributed by atoms with Gasteiger partial charge < -0.3 is 9.47 Å². The summed E-state index contributed by atoms with van der Waals surface area (Å²) in [5, 5.41) is 1.83. The SMILES string of the molecule is COc1csc(C(=O)C2=COCCC2)c1. The number of methoxy groups -OCH3 is 1. The van der Waals surface area contributed by atoms with Gasteiger partial charge in [-0.3, -0.25) is 4.79 Å². The summed E-state index contributed by atoms with van der Waals surface area (Å²) in [5.74, 6) is 0.795. The first-order valence-corrected chi connectivity index (χ1v) is 5.67. The molecule has 2 heterocycles. The van der Waals surface area contributed by atoms with Crippen molar-refractivity contribution < 1.29 is 14.3 Å². The van der Waals surface area contributed by atoms with Crippen molar-refractivity contribution in [3.63, 3.8) is 0 Å². The van der Waals surface area contributed by atoms with Gasteiger partial charge in [-0.15, -0.1) is 11.3 Å². The van der Waals surface area contributed by atoms with E-state index in [1.807, 2.05) is 5.38 Å². The molecule has 0 aliphatic carbocycles. The number of hydrogen-bond donors (Lipinski definition) is 0. The predicted molar refractivity (Wildman–Crippen MR) is 58.5 cm³/mol. The lowest BCUT2D eigenvalue weighted by Gasteiger charge is -2.11. The summed E-state index contributed by atoms with van der Waals surface area (Å²) >= 11 is 1.40. The molecule has 0 fully saturated rings. The highest BCUT2D eigenvalue weighted by Gasteiger charge is 2.17. The van der Waals surface area contributed by atoms with Crippen LogP contribution in [0.4, 0.5) is 0 Å². The van der Waals surface area contributed by atoms with Crippen LogP contribution in [0.25, 0.3) is 0 Å². The molecule has 0 spiro atoms. The molecule has 0 aromatic carbocycles. The van der Waals surface area contributed by atoms with E-state index in [0.717, 1.165) is 24.2 Å². The summed E-state index contributed by atoms with van der Waals surface area (Å²) in [6.45, 7) is 0.713. The van der Waals surface area contributed by atoms with Crippen LogP contribution in [0.2, 0.25) is 0 Å². The van der Waals surface area contributed by atoms with E-state index >= 15 is 0 Å².